The summed E-state index contributed by atoms with van der Waals surface area (Å²) in [5, 5.41) is 0. The van der Waals surface area contributed by atoms with Gasteiger partial charge in [-0.3, -0.25) is 9.88 Å². The van der Waals surface area contributed by atoms with E-state index in [1.807, 2.05) is 60.8 Å². The molecule has 7 rings (SSSR count). The first-order valence-corrected chi connectivity index (χ1v) is 16.9. The summed E-state index contributed by atoms with van der Waals surface area (Å²) in [5.74, 6) is 0.822. The van der Waals surface area contributed by atoms with Gasteiger partial charge in [0.2, 0.25) is 0 Å². The number of fused-ring (bicyclic) bond motifs is 1. The van der Waals surface area contributed by atoms with Crippen LogP contribution in [0.15, 0.2) is 175 Å². The third-order valence-corrected chi connectivity index (χ3v) is 9.50. The number of hydrogen-bond donors (Lipinski definition) is 0. The van der Waals surface area contributed by atoms with E-state index in [0.29, 0.717) is 0 Å². The molecule has 0 N–H and O–H groups in total. The van der Waals surface area contributed by atoms with E-state index in [2.05, 4.69) is 153 Å². The molecule has 3 heteroatoms. The predicted molar refractivity (Wildman–Crippen MR) is 215 cm³/mol. The number of para-hydroxylation sites is 1. The monoisotopic (exact) mass is 649 g/mol. The fraction of sp³-hybridized carbons (Fsp3) is 0.106. The van der Waals surface area contributed by atoms with Crippen molar-refractivity contribution in [2.24, 2.45) is 4.99 Å². The third-order valence-electron chi connectivity index (χ3n) is 9.50. The summed E-state index contributed by atoms with van der Waals surface area (Å²) < 4.78 is 0. The third kappa shape index (κ3) is 6.63. The van der Waals surface area contributed by atoms with Gasteiger partial charge in [0.15, 0.2) is 0 Å². The number of benzene rings is 5. The first kappa shape index (κ1) is 33.8. The second-order valence-corrected chi connectivity index (χ2v) is 13.0. The molecule has 5 aromatic carbocycles. The molecule has 3 nitrogen and oxygen atoms in total. The Hall–Kier alpha value is -6.06. The molecule has 0 bridgehead atoms. The highest BCUT2D eigenvalue weighted by molar-refractivity contribution is 5.83. The number of pyridine rings is 1. The lowest BCUT2D eigenvalue weighted by molar-refractivity contribution is 0.616. The summed E-state index contributed by atoms with van der Waals surface area (Å²) in [6.45, 7) is 20.4. The van der Waals surface area contributed by atoms with Crippen molar-refractivity contribution in [2.45, 2.75) is 33.1 Å². The van der Waals surface area contributed by atoms with Crippen LogP contribution in [0, 0.1) is 13.8 Å². The zero-order valence-corrected chi connectivity index (χ0v) is 29.4. The van der Waals surface area contributed by atoms with Crippen molar-refractivity contribution in [3.63, 3.8) is 0 Å². The van der Waals surface area contributed by atoms with Crippen molar-refractivity contribution >= 4 is 24.2 Å². The molecule has 6 aromatic rings. The van der Waals surface area contributed by atoms with Crippen molar-refractivity contribution in [1.82, 2.24) is 4.98 Å². The molecule has 0 saturated heterocycles. The van der Waals surface area contributed by atoms with Crippen LogP contribution >= 0.6 is 0 Å². The van der Waals surface area contributed by atoms with Gasteiger partial charge in [0.1, 0.15) is 5.82 Å². The Labute approximate surface area is 297 Å². The van der Waals surface area contributed by atoms with Crippen molar-refractivity contribution in [3.8, 4) is 33.4 Å². The van der Waals surface area contributed by atoms with E-state index < -0.39 is 0 Å². The van der Waals surface area contributed by atoms with Crippen LogP contribution in [-0.2, 0) is 5.41 Å². The average Bonchev–Trinajstić information content (AvgIpc) is 3.16. The number of anilines is 2. The maximum atomic E-state index is 4.52. The smallest absolute Gasteiger partial charge is 0.140 e. The molecule has 0 fully saturated rings. The highest BCUT2D eigenvalue weighted by Crippen LogP contribution is 2.50. The topological polar surface area (TPSA) is 28.5 Å². The molecule has 0 atom stereocenters. The van der Waals surface area contributed by atoms with E-state index in [1.165, 1.54) is 50.1 Å². The minimum atomic E-state index is -0.306. The molecule has 0 spiro atoms. The lowest BCUT2D eigenvalue weighted by Crippen LogP contribution is -2.33. The normalized spacial score (nSPS) is 13.1. The number of hydrogen-bond acceptors (Lipinski definition) is 3. The van der Waals surface area contributed by atoms with E-state index in [-0.39, 0.29) is 5.41 Å². The Bertz CT molecular complexity index is 2210. The quantitative estimate of drug-likeness (QED) is 0.161. The standard InChI is InChI=1S/C39H35N3.C8H8/c1-7-35-38(40-6)42(32-15-9-8-10-16-32)37-21-20-31(25-36(37)39(35,4)5)29-14-11-13-28(23-29)30-19-18-26(2)34(24-30)33-17-12-22-41-27(33)3;1-2-8-6-4-3-5-7-8/h7-25H,1,6H2,2-5H3;2-7H,1H2. The zero-order chi connectivity index (χ0) is 35.3. The SMILES string of the molecule is C=CC1=C(N=C)N(c2ccccc2)c2ccc(-c3cccc(-c4ccc(C)c(-c5cccnc5C)c4)c3)cc2C1(C)C.C=Cc1ccccc1. The summed E-state index contributed by atoms with van der Waals surface area (Å²) in [6.07, 6.45) is 5.61. The van der Waals surface area contributed by atoms with Gasteiger partial charge in [-0.1, -0.05) is 130 Å². The zero-order valence-electron chi connectivity index (χ0n) is 29.4. The predicted octanol–water partition coefficient (Wildman–Crippen LogP) is 12.6. The lowest BCUT2D eigenvalue weighted by Gasteiger charge is -2.41. The summed E-state index contributed by atoms with van der Waals surface area (Å²) in [7, 11) is 0. The van der Waals surface area contributed by atoms with Crippen molar-refractivity contribution < 1.29 is 0 Å². The van der Waals surface area contributed by atoms with Crippen molar-refractivity contribution in [3.05, 3.63) is 193 Å². The number of aromatic nitrogens is 1. The van der Waals surface area contributed by atoms with E-state index in [9.17, 15) is 0 Å². The van der Waals surface area contributed by atoms with Crippen LogP contribution < -0.4 is 4.90 Å². The molecule has 1 aliphatic heterocycles. The molecule has 2 heterocycles. The van der Waals surface area contributed by atoms with Gasteiger partial charge in [-0.2, -0.15) is 0 Å². The largest absolute Gasteiger partial charge is 0.295 e. The Morgan fingerprint density at radius 2 is 1.28 bits per heavy atom. The Balaban J connectivity index is 0.000000477. The molecule has 1 aliphatic rings. The summed E-state index contributed by atoms with van der Waals surface area (Å²) in [5.41, 5.74) is 14.7. The average molecular weight is 650 g/mol. The van der Waals surface area contributed by atoms with Gasteiger partial charge < -0.3 is 0 Å². The van der Waals surface area contributed by atoms with Crippen LogP contribution in [0.2, 0.25) is 0 Å². The lowest BCUT2D eigenvalue weighted by atomic mass is 9.73. The highest BCUT2D eigenvalue weighted by Gasteiger charge is 2.38. The van der Waals surface area contributed by atoms with E-state index in [1.54, 1.807) is 0 Å². The van der Waals surface area contributed by atoms with Crippen LogP contribution in [0.3, 0.4) is 0 Å². The van der Waals surface area contributed by atoms with Crippen molar-refractivity contribution in [2.75, 3.05) is 4.90 Å². The number of aryl methyl sites for hydroxylation is 2. The van der Waals surface area contributed by atoms with E-state index >= 15 is 0 Å². The van der Waals surface area contributed by atoms with Crippen LogP contribution in [0.1, 0.15) is 36.2 Å². The molecule has 1 aromatic heterocycles. The fourth-order valence-corrected chi connectivity index (χ4v) is 6.74. The first-order valence-electron chi connectivity index (χ1n) is 16.9. The Morgan fingerprint density at radius 1 is 0.640 bits per heavy atom. The second kappa shape index (κ2) is 14.6. The van der Waals surface area contributed by atoms with Gasteiger partial charge in [0, 0.05) is 34.1 Å². The molecule has 246 valence electrons. The van der Waals surface area contributed by atoms with E-state index in [4.69, 9.17) is 0 Å². The van der Waals surface area contributed by atoms with Gasteiger partial charge >= 0.3 is 0 Å². The Kier molecular flexibility index (Phi) is 9.87. The second-order valence-electron chi connectivity index (χ2n) is 13.0. The van der Waals surface area contributed by atoms with Crippen molar-refractivity contribution in [1.29, 1.82) is 0 Å². The van der Waals surface area contributed by atoms with Gasteiger partial charge in [0.05, 0.1) is 5.69 Å². The summed E-state index contributed by atoms with van der Waals surface area (Å²) in [4.78, 5) is 11.2. The molecular formula is C47H43N3. The minimum Gasteiger partial charge on any atom is -0.295 e. The summed E-state index contributed by atoms with van der Waals surface area (Å²) >= 11 is 0. The van der Waals surface area contributed by atoms with Crippen LogP contribution in [0.4, 0.5) is 11.4 Å². The van der Waals surface area contributed by atoms with Crippen LogP contribution in [0.5, 0.6) is 0 Å². The number of rotatable bonds is 7. The Morgan fingerprint density at radius 3 is 1.90 bits per heavy atom. The van der Waals surface area contributed by atoms with Gasteiger partial charge in [-0.25, -0.2) is 4.99 Å². The molecule has 0 saturated carbocycles. The first-order chi connectivity index (χ1) is 24.3. The maximum Gasteiger partial charge on any atom is 0.140 e. The molecule has 0 radical (unpaired) electrons. The molecule has 0 aliphatic carbocycles. The van der Waals surface area contributed by atoms with Gasteiger partial charge in [0.25, 0.3) is 0 Å². The fourth-order valence-electron chi connectivity index (χ4n) is 6.74. The van der Waals surface area contributed by atoms with Crippen LogP contribution in [-0.4, -0.2) is 11.7 Å². The minimum absolute atomic E-state index is 0.306. The van der Waals surface area contributed by atoms with Gasteiger partial charge in [-0.15, -0.1) is 0 Å². The number of aliphatic imine (C=N–C) groups is 1. The van der Waals surface area contributed by atoms with E-state index in [0.717, 1.165) is 28.5 Å². The van der Waals surface area contributed by atoms with Crippen LogP contribution in [0.25, 0.3) is 39.5 Å². The van der Waals surface area contributed by atoms with Gasteiger partial charge in [-0.05, 0) is 108 Å². The molecule has 50 heavy (non-hydrogen) atoms. The maximum absolute atomic E-state index is 4.52. The highest BCUT2D eigenvalue weighted by atomic mass is 15.2. The summed E-state index contributed by atoms with van der Waals surface area (Å²) in [6, 6.07) is 46.8. The molecule has 0 amide bonds. The number of nitrogens with zero attached hydrogens (tertiary/aromatic N) is 3. The molecule has 0 unspecified atom stereocenters. The molecular weight excluding hydrogens is 607 g/mol. The number of allylic oxidation sites excluding steroid dienone is 2.